The Balaban J connectivity index is 1.48. The number of hydrogen-bond acceptors (Lipinski definition) is 6. The lowest BCUT2D eigenvalue weighted by Crippen LogP contribution is -2.03. The Morgan fingerprint density at radius 3 is 2.65 bits per heavy atom. The quantitative estimate of drug-likeness (QED) is 0.274. The van der Waals surface area contributed by atoms with Crippen LogP contribution in [0.1, 0.15) is 11.1 Å². The van der Waals surface area contributed by atoms with E-state index in [9.17, 15) is 4.39 Å². The minimum atomic E-state index is -0.313. The molecule has 0 fully saturated rings. The molecular formula is C24H20FN3O2S. The fraction of sp³-hybridized carbons (Fsp3) is 0.0833. The molecule has 0 saturated carbocycles. The van der Waals surface area contributed by atoms with Gasteiger partial charge in [-0.2, -0.15) is 5.10 Å². The second-order valence-corrected chi connectivity index (χ2v) is 7.39. The molecule has 0 aliphatic heterocycles. The fourth-order valence-electron chi connectivity index (χ4n) is 2.94. The van der Waals surface area contributed by atoms with Gasteiger partial charge in [0.1, 0.15) is 12.4 Å². The molecule has 0 radical (unpaired) electrons. The summed E-state index contributed by atoms with van der Waals surface area (Å²) in [6.07, 6.45) is 1.63. The summed E-state index contributed by atoms with van der Waals surface area (Å²) in [6.45, 7) is 0.0776. The van der Waals surface area contributed by atoms with Gasteiger partial charge >= 0.3 is 0 Å². The first-order chi connectivity index (χ1) is 15.2. The Morgan fingerprint density at radius 1 is 1.03 bits per heavy atom. The Labute approximate surface area is 183 Å². The minimum absolute atomic E-state index is 0.0776. The predicted molar refractivity (Wildman–Crippen MR) is 122 cm³/mol. The van der Waals surface area contributed by atoms with Gasteiger partial charge < -0.3 is 9.47 Å². The van der Waals surface area contributed by atoms with E-state index in [4.69, 9.17) is 9.47 Å². The Bertz CT molecular complexity index is 1180. The summed E-state index contributed by atoms with van der Waals surface area (Å²) in [5, 5.41) is 6.94. The van der Waals surface area contributed by atoms with Crippen LogP contribution in [0, 0.1) is 5.82 Å². The number of methoxy groups -OCH3 is 1. The number of halogens is 1. The van der Waals surface area contributed by atoms with Gasteiger partial charge in [-0.15, -0.1) is 11.3 Å². The van der Waals surface area contributed by atoms with Crippen LogP contribution in [-0.2, 0) is 6.61 Å². The summed E-state index contributed by atoms with van der Waals surface area (Å²) in [5.74, 6) is 0.719. The Morgan fingerprint density at radius 2 is 1.84 bits per heavy atom. The van der Waals surface area contributed by atoms with Crippen LogP contribution < -0.4 is 14.9 Å². The van der Waals surface area contributed by atoms with Crippen molar-refractivity contribution in [2.24, 2.45) is 5.10 Å². The van der Waals surface area contributed by atoms with E-state index in [1.165, 1.54) is 17.4 Å². The minimum Gasteiger partial charge on any atom is -0.493 e. The van der Waals surface area contributed by atoms with Gasteiger partial charge in [0.15, 0.2) is 11.5 Å². The summed E-state index contributed by atoms with van der Waals surface area (Å²) >= 11 is 1.47. The van der Waals surface area contributed by atoms with Crippen molar-refractivity contribution in [3.8, 4) is 22.8 Å². The van der Waals surface area contributed by atoms with Crippen molar-refractivity contribution >= 4 is 22.7 Å². The molecule has 1 heterocycles. The second-order valence-electron chi connectivity index (χ2n) is 6.53. The molecule has 4 rings (SSSR count). The lowest BCUT2D eigenvalue weighted by Gasteiger charge is -2.13. The maximum atomic E-state index is 13.9. The summed E-state index contributed by atoms with van der Waals surface area (Å²) < 4.78 is 25.2. The molecule has 4 aromatic rings. The second kappa shape index (κ2) is 9.86. The molecule has 0 aliphatic rings. The zero-order valence-corrected chi connectivity index (χ0v) is 17.6. The molecule has 0 aliphatic carbocycles. The highest BCUT2D eigenvalue weighted by Crippen LogP contribution is 2.31. The van der Waals surface area contributed by atoms with Crippen molar-refractivity contribution in [1.29, 1.82) is 0 Å². The highest BCUT2D eigenvalue weighted by atomic mass is 32.1. The third-order valence-corrected chi connectivity index (χ3v) is 5.24. The van der Waals surface area contributed by atoms with Crippen LogP contribution in [0.5, 0.6) is 11.5 Å². The third-order valence-electron chi connectivity index (χ3n) is 4.50. The largest absolute Gasteiger partial charge is 0.493 e. The zero-order valence-electron chi connectivity index (χ0n) is 16.8. The number of benzene rings is 3. The first-order valence-corrected chi connectivity index (χ1v) is 10.5. The number of rotatable bonds is 8. The maximum absolute atomic E-state index is 13.9. The van der Waals surface area contributed by atoms with E-state index >= 15 is 0 Å². The maximum Gasteiger partial charge on any atom is 0.203 e. The summed E-state index contributed by atoms with van der Waals surface area (Å²) in [7, 11) is 1.56. The van der Waals surface area contributed by atoms with E-state index in [0.717, 1.165) is 11.3 Å². The van der Waals surface area contributed by atoms with E-state index in [-0.39, 0.29) is 12.4 Å². The van der Waals surface area contributed by atoms with Crippen LogP contribution in [0.25, 0.3) is 11.3 Å². The highest BCUT2D eigenvalue weighted by Gasteiger charge is 2.11. The molecule has 156 valence electrons. The predicted octanol–water partition coefficient (Wildman–Crippen LogP) is 5.98. The number of hydrogen-bond donors (Lipinski definition) is 1. The Kier molecular flexibility index (Phi) is 6.54. The SMILES string of the molecule is COc1cccc(C=NNc2nc(-c3ccccc3)cs2)c1OCc1ccccc1F. The van der Waals surface area contributed by atoms with E-state index in [2.05, 4.69) is 15.5 Å². The fourth-order valence-corrected chi connectivity index (χ4v) is 3.61. The van der Waals surface area contributed by atoms with Crippen LogP contribution in [0.15, 0.2) is 83.3 Å². The normalized spacial score (nSPS) is 10.9. The van der Waals surface area contributed by atoms with E-state index in [0.29, 0.717) is 27.8 Å². The van der Waals surface area contributed by atoms with Crippen molar-refractivity contribution in [1.82, 2.24) is 4.98 Å². The molecule has 0 saturated heterocycles. The van der Waals surface area contributed by atoms with Gasteiger partial charge in [0.25, 0.3) is 0 Å². The summed E-state index contributed by atoms with van der Waals surface area (Å²) in [6, 6.07) is 21.9. The molecule has 0 atom stereocenters. The average molecular weight is 434 g/mol. The van der Waals surface area contributed by atoms with Crippen LogP contribution in [-0.4, -0.2) is 18.3 Å². The molecule has 3 aromatic carbocycles. The number of nitrogens with one attached hydrogen (secondary N) is 1. The van der Waals surface area contributed by atoms with Gasteiger partial charge in [-0.05, 0) is 18.2 Å². The molecule has 7 heteroatoms. The van der Waals surface area contributed by atoms with Crippen molar-refractivity contribution in [3.05, 3.63) is 95.1 Å². The van der Waals surface area contributed by atoms with Crippen molar-refractivity contribution in [2.45, 2.75) is 6.61 Å². The van der Waals surface area contributed by atoms with E-state index < -0.39 is 0 Å². The van der Waals surface area contributed by atoms with Gasteiger partial charge in [-0.3, -0.25) is 5.43 Å². The number of aromatic nitrogens is 1. The van der Waals surface area contributed by atoms with Crippen molar-refractivity contribution in [3.63, 3.8) is 0 Å². The average Bonchev–Trinajstić information content (AvgIpc) is 3.28. The van der Waals surface area contributed by atoms with Gasteiger partial charge in [0, 0.05) is 22.1 Å². The van der Waals surface area contributed by atoms with E-state index in [1.807, 2.05) is 47.8 Å². The standard InChI is InChI=1S/C24H20FN3O2S/c1-29-22-13-7-11-18(23(22)30-15-19-10-5-6-12-20(19)25)14-26-28-24-27-21(16-31-24)17-8-3-2-4-9-17/h2-14,16H,15H2,1H3,(H,27,28). The zero-order chi connectivity index (χ0) is 21.5. The number of hydrazone groups is 1. The van der Waals surface area contributed by atoms with E-state index in [1.54, 1.807) is 37.6 Å². The number of anilines is 1. The molecular weight excluding hydrogens is 413 g/mol. The van der Waals surface area contributed by atoms with Gasteiger partial charge in [-0.25, -0.2) is 9.37 Å². The topological polar surface area (TPSA) is 55.7 Å². The van der Waals surface area contributed by atoms with Gasteiger partial charge in [0.05, 0.1) is 19.0 Å². The van der Waals surface area contributed by atoms with Crippen molar-refractivity contribution in [2.75, 3.05) is 12.5 Å². The molecule has 0 spiro atoms. The summed E-state index contributed by atoms with van der Waals surface area (Å²) in [5.41, 5.74) is 6.05. The van der Waals surface area contributed by atoms with Crippen LogP contribution in [0.2, 0.25) is 0 Å². The molecule has 1 N–H and O–H groups in total. The van der Waals surface area contributed by atoms with Crippen LogP contribution >= 0.6 is 11.3 Å². The molecule has 0 unspecified atom stereocenters. The molecule has 1 aromatic heterocycles. The van der Waals surface area contributed by atoms with Gasteiger partial charge in [0.2, 0.25) is 5.13 Å². The Hall–Kier alpha value is -3.71. The lowest BCUT2D eigenvalue weighted by atomic mass is 10.2. The third kappa shape index (κ3) is 5.07. The smallest absolute Gasteiger partial charge is 0.203 e. The summed E-state index contributed by atoms with van der Waals surface area (Å²) in [4.78, 5) is 4.55. The number of ether oxygens (including phenoxy) is 2. The molecule has 5 nitrogen and oxygen atoms in total. The monoisotopic (exact) mass is 433 g/mol. The highest BCUT2D eigenvalue weighted by molar-refractivity contribution is 7.14. The number of nitrogens with zero attached hydrogens (tertiary/aromatic N) is 2. The molecule has 0 bridgehead atoms. The first-order valence-electron chi connectivity index (χ1n) is 9.58. The van der Waals surface area contributed by atoms with Crippen LogP contribution in [0.3, 0.4) is 0 Å². The molecule has 0 amide bonds. The van der Waals surface area contributed by atoms with Crippen molar-refractivity contribution < 1.29 is 13.9 Å². The molecule has 31 heavy (non-hydrogen) atoms. The first kappa shape index (κ1) is 20.6. The lowest BCUT2D eigenvalue weighted by molar-refractivity contribution is 0.279. The number of para-hydroxylation sites is 1. The number of thiazole rings is 1. The van der Waals surface area contributed by atoms with Crippen LogP contribution in [0.4, 0.5) is 9.52 Å². The van der Waals surface area contributed by atoms with Gasteiger partial charge in [-0.1, -0.05) is 54.6 Å².